The summed E-state index contributed by atoms with van der Waals surface area (Å²) in [6.07, 6.45) is 0.957. The molecule has 5 heteroatoms. The molecule has 1 heterocycles. The molecule has 5 nitrogen and oxygen atoms in total. The molecule has 0 saturated heterocycles. The molecule has 0 saturated carbocycles. The first-order valence-electron chi connectivity index (χ1n) is 6.09. The first-order chi connectivity index (χ1) is 8.74. The molecular formula is C13H19NO4. The minimum atomic E-state index is -0.590. The summed E-state index contributed by atoms with van der Waals surface area (Å²) in [7, 11) is 0. The van der Waals surface area contributed by atoms with E-state index in [1.54, 1.807) is 25.3 Å². The third-order valence-electron chi connectivity index (χ3n) is 2.20. The summed E-state index contributed by atoms with van der Waals surface area (Å²) in [5.41, 5.74) is 0.839. The van der Waals surface area contributed by atoms with E-state index >= 15 is 0 Å². The van der Waals surface area contributed by atoms with Crippen LogP contribution in [-0.4, -0.2) is 30.8 Å². The highest BCUT2D eigenvalue weighted by Gasteiger charge is 2.21. The van der Waals surface area contributed by atoms with Gasteiger partial charge in [0.1, 0.15) is 0 Å². The highest BCUT2D eigenvalue weighted by molar-refractivity contribution is 5.88. The number of rotatable bonds is 7. The van der Waals surface area contributed by atoms with Gasteiger partial charge in [0.2, 0.25) is 0 Å². The van der Waals surface area contributed by atoms with E-state index in [-0.39, 0.29) is 5.69 Å². The number of nitrogens with zero attached hydrogens (tertiary/aromatic N) is 1. The van der Waals surface area contributed by atoms with Gasteiger partial charge in [-0.25, -0.2) is 9.78 Å². The van der Waals surface area contributed by atoms with Crippen molar-refractivity contribution in [1.82, 2.24) is 4.98 Å². The number of pyridine rings is 1. The third-order valence-corrected chi connectivity index (χ3v) is 2.20. The zero-order valence-corrected chi connectivity index (χ0v) is 11.0. The van der Waals surface area contributed by atoms with Crippen molar-refractivity contribution in [3.63, 3.8) is 0 Å². The van der Waals surface area contributed by atoms with Crippen molar-refractivity contribution in [2.45, 2.75) is 27.1 Å². The molecule has 0 unspecified atom stereocenters. The molecule has 0 aliphatic rings. The zero-order valence-electron chi connectivity index (χ0n) is 11.0. The van der Waals surface area contributed by atoms with Gasteiger partial charge >= 0.3 is 5.97 Å². The van der Waals surface area contributed by atoms with E-state index in [0.717, 1.165) is 0 Å². The third kappa shape index (κ3) is 3.78. The van der Waals surface area contributed by atoms with E-state index in [4.69, 9.17) is 14.2 Å². The van der Waals surface area contributed by atoms with Gasteiger partial charge in [0, 0.05) is 25.0 Å². The predicted molar refractivity (Wildman–Crippen MR) is 66.2 cm³/mol. The van der Waals surface area contributed by atoms with Crippen molar-refractivity contribution in [3.8, 4) is 0 Å². The van der Waals surface area contributed by atoms with Crippen LogP contribution in [0.5, 0.6) is 0 Å². The molecule has 0 amide bonds. The Morgan fingerprint density at radius 1 is 1.22 bits per heavy atom. The first-order valence-corrected chi connectivity index (χ1v) is 6.09. The monoisotopic (exact) mass is 253 g/mol. The molecule has 0 atom stereocenters. The molecule has 0 bridgehead atoms. The molecule has 0 aliphatic carbocycles. The van der Waals surface area contributed by atoms with E-state index in [2.05, 4.69) is 4.98 Å². The number of carbonyl (C=O) groups is 1. The van der Waals surface area contributed by atoms with Crippen LogP contribution in [0.3, 0.4) is 0 Å². The van der Waals surface area contributed by atoms with Crippen molar-refractivity contribution in [1.29, 1.82) is 0 Å². The standard InChI is InChI=1S/C13H19NO4/c1-4-16-12(15)11-10(8-7-9-14-11)13(17-5-2)18-6-3/h7-9,13H,4-6H2,1-3H3. The number of hydrogen-bond donors (Lipinski definition) is 0. The predicted octanol–water partition coefficient (Wildman–Crippen LogP) is 2.33. The van der Waals surface area contributed by atoms with Crippen LogP contribution in [0, 0.1) is 0 Å². The van der Waals surface area contributed by atoms with Gasteiger partial charge in [-0.3, -0.25) is 0 Å². The Morgan fingerprint density at radius 3 is 2.44 bits per heavy atom. The Morgan fingerprint density at radius 2 is 1.89 bits per heavy atom. The van der Waals surface area contributed by atoms with E-state index < -0.39 is 12.3 Å². The lowest BCUT2D eigenvalue weighted by Crippen LogP contribution is -2.16. The smallest absolute Gasteiger partial charge is 0.357 e. The van der Waals surface area contributed by atoms with Crippen LogP contribution in [0.25, 0.3) is 0 Å². The molecular weight excluding hydrogens is 234 g/mol. The maximum Gasteiger partial charge on any atom is 0.357 e. The normalized spacial score (nSPS) is 10.7. The molecule has 0 N–H and O–H groups in total. The number of carbonyl (C=O) groups excluding carboxylic acids is 1. The molecule has 0 aromatic carbocycles. The average Bonchev–Trinajstić information content (AvgIpc) is 2.39. The summed E-state index contributed by atoms with van der Waals surface area (Å²) in [5.74, 6) is -0.461. The molecule has 1 aromatic rings. The lowest BCUT2D eigenvalue weighted by atomic mass is 10.2. The highest BCUT2D eigenvalue weighted by Crippen LogP contribution is 2.22. The van der Waals surface area contributed by atoms with Crippen molar-refractivity contribution in [2.24, 2.45) is 0 Å². The Balaban J connectivity index is 3.01. The van der Waals surface area contributed by atoms with E-state index in [1.165, 1.54) is 0 Å². The highest BCUT2D eigenvalue weighted by atomic mass is 16.7. The molecule has 1 rings (SSSR count). The van der Waals surface area contributed by atoms with Gasteiger partial charge in [-0.15, -0.1) is 0 Å². The lowest BCUT2D eigenvalue weighted by molar-refractivity contribution is -0.140. The van der Waals surface area contributed by atoms with Gasteiger partial charge in [-0.1, -0.05) is 0 Å². The van der Waals surface area contributed by atoms with E-state index in [9.17, 15) is 4.79 Å². The zero-order chi connectivity index (χ0) is 13.4. The van der Waals surface area contributed by atoms with Crippen molar-refractivity contribution >= 4 is 5.97 Å². The van der Waals surface area contributed by atoms with Gasteiger partial charge in [-0.2, -0.15) is 0 Å². The summed E-state index contributed by atoms with van der Waals surface area (Å²) >= 11 is 0. The quantitative estimate of drug-likeness (QED) is 0.551. The van der Waals surface area contributed by atoms with Crippen LogP contribution in [-0.2, 0) is 14.2 Å². The minimum Gasteiger partial charge on any atom is -0.461 e. The first kappa shape index (κ1) is 14.6. The number of esters is 1. The van der Waals surface area contributed by atoms with Gasteiger partial charge in [0.05, 0.1) is 6.61 Å². The SMILES string of the molecule is CCOC(=O)c1ncccc1C(OCC)OCC. The summed E-state index contributed by atoms with van der Waals surface area (Å²) in [6.45, 7) is 6.77. The fourth-order valence-corrected chi connectivity index (χ4v) is 1.51. The van der Waals surface area contributed by atoms with Gasteiger partial charge < -0.3 is 14.2 Å². The van der Waals surface area contributed by atoms with Crippen LogP contribution in [0.4, 0.5) is 0 Å². The van der Waals surface area contributed by atoms with Crippen LogP contribution in [0.1, 0.15) is 43.1 Å². The number of ether oxygens (including phenoxy) is 3. The van der Waals surface area contributed by atoms with Crippen molar-refractivity contribution in [2.75, 3.05) is 19.8 Å². The second-order valence-electron chi connectivity index (χ2n) is 3.40. The Bertz CT molecular complexity index is 375. The molecule has 18 heavy (non-hydrogen) atoms. The summed E-state index contributed by atoms with van der Waals surface area (Å²) < 4.78 is 15.9. The van der Waals surface area contributed by atoms with Crippen LogP contribution in [0.15, 0.2) is 18.3 Å². The Hall–Kier alpha value is -1.46. The van der Waals surface area contributed by atoms with E-state index in [0.29, 0.717) is 25.4 Å². The van der Waals surface area contributed by atoms with Crippen LogP contribution >= 0.6 is 0 Å². The Labute approximate surface area is 107 Å². The maximum absolute atomic E-state index is 11.8. The fraction of sp³-hybridized carbons (Fsp3) is 0.538. The largest absolute Gasteiger partial charge is 0.461 e. The lowest BCUT2D eigenvalue weighted by Gasteiger charge is -2.18. The molecule has 0 fully saturated rings. The summed E-state index contributed by atoms with van der Waals surface area (Å²) in [6, 6.07) is 3.50. The van der Waals surface area contributed by atoms with Gasteiger partial charge in [0.15, 0.2) is 12.0 Å². The molecule has 0 spiro atoms. The maximum atomic E-state index is 11.8. The molecule has 0 aliphatic heterocycles. The second kappa shape index (κ2) is 7.79. The molecule has 100 valence electrons. The van der Waals surface area contributed by atoms with Gasteiger partial charge in [-0.05, 0) is 32.9 Å². The van der Waals surface area contributed by atoms with E-state index in [1.807, 2.05) is 13.8 Å². The topological polar surface area (TPSA) is 57.7 Å². The minimum absolute atomic E-state index is 0.242. The second-order valence-corrected chi connectivity index (χ2v) is 3.40. The van der Waals surface area contributed by atoms with Crippen molar-refractivity contribution < 1.29 is 19.0 Å². The number of aromatic nitrogens is 1. The summed E-state index contributed by atoms with van der Waals surface area (Å²) in [5, 5.41) is 0. The number of hydrogen-bond acceptors (Lipinski definition) is 5. The van der Waals surface area contributed by atoms with Gasteiger partial charge in [0.25, 0.3) is 0 Å². The van der Waals surface area contributed by atoms with Crippen LogP contribution in [0.2, 0.25) is 0 Å². The molecule has 0 radical (unpaired) electrons. The average molecular weight is 253 g/mol. The van der Waals surface area contributed by atoms with Crippen molar-refractivity contribution in [3.05, 3.63) is 29.6 Å². The fourth-order valence-electron chi connectivity index (χ4n) is 1.51. The summed E-state index contributed by atoms with van der Waals surface area (Å²) in [4.78, 5) is 15.8. The van der Waals surface area contributed by atoms with Crippen LogP contribution < -0.4 is 0 Å². The molecule has 1 aromatic heterocycles. The Kier molecular flexibility index (Phi) is 6.32.